The number of hydrogen-bond donors (Lipinski definition) is 0. The van der Waals surface area contributed by atoms with Crippen molar-refractivity contribution in [1.82, 2.24) is 0 Å². The number of allylic oxidation sites excluding steroid dienone is 2. The summed E-state index contributed by atoms with van der Waals surface area (Å²) in [5, 5.41) is 0. The van der Waals surface area contributed by atoms with Crippen molar-refractivity contribution in [3.05, 3.63) is 11.6 Å². The molecule has 0 nitrogen and oxygen atoms in total. The van der Waals surface area contributed by atoms with E-state index in [0.717, 1.165) is 28.1 Å². The maximum absolute atomic E-state index is 2.48. The number of rotatable bonds is 17. The summed E-state index contributed by atoms with van der Waals surface area (Å²) >= 11 is 2.44. The Labute approximate surface area is 180 Å². The van der Waals surface area contributed by atoms with Crippen LogP contribution in [0.4, 0.5) is 0 Å². The van der Waals surface area contributed by atoms with Crippen molar-refractivity contribution in [2.75, 3.05) is 4.43 Å². The monoisotopic (exact) mass is 476 g/mol. The zero-order chi connectivity index (χ0) is 19.8. The van der Waals surface area contributed by atoms with Gasteiger partial charge in [-0.1, -0.05) is 133 Å². The predicted octanol–water partition coefficient (Wildman–Crippen LogP) is 9.61. The van der Waals surface area contributed by atoms with Crippen LogP contribution < -0.4 is 0 Å². The molecule has 0 spiro atoms. The molecule has 0 aromatic carbocycles. The molecular formula is C25H49I. The normalized spacial score (nSPS) is 16.1. The van der Waals surface area contributed by atoms with E-state index in [2.05, 4.69) is 70.2 Å². The largest absolute Gasteiger partial charge is 0.0818 e. The molecule has 0 bridgehead atoms. The zero-order valence-electron chi connectivity index (χ0n) is 19.0. The van der Waals surface area contributed by atoms with Crippen molar-refractivity contribution < 1.29 is 0 Å². The molecule has 0 fully saturated rings. The predicted molar refractivity (Wildman–Crippen MR) is 130 cm³/mol. The van der Waals surface area contributed by atoms with Crippen LogP contribution in [0.3, 0.4) is 0 Å². The number of halogens is 1. The first kappa shape index (κ1) is 26.5. The van der Waals surface area contributed by atoms with Gasteiger partial charge in [-0.25, -0.2) is 0 Å². The fourth-order valence-electron chi connectivity index (χ4n) is 3.90. The van der Waals surface area contributed by atoms with Crippen molar-refractivity contribution in [3.63, 3.8) is 0 Å². The summed E-state index contributed by atoms with van der Waals surface area (Å²) in [5.74, 6) is 3.65. The summed E-state index contributed by atoms with van der Waals surface area (Å²) in [6.07, 6.45) is 19.4. The van der Waals surface area contributed by atoms with Gasteiger partial charge in [-0.2, -0.15) is 0 Å². The van der Waals surface area contributed by atoms with Crippen molar-refractivity contribution in [1.29, 1.82) is 0 Å². The second kappa shape index (κ2) is 17.6. The highest BCUT2D eigenvalue weighted by atomic mass is 127. The molecule has 0 saturated carbocycles. The SMILES string of the molecule is C/C(=C\CI)CCCC(C)CCCC(C)CCCC(C)CCCC(C)C. The lowest BCUT2D eigenvalue weighted by molar-refractivity contribution is 0.372. The van der Waals surface area contributed by atoms with Crippen LogP contribution >= 0.6 is 22.6 Å². The van der Waals surface area contributed by atoms with E-state index < -0.39 is 0 Å². The van der Waals surface area contributed by atoms with Crippen LogP contribution in [0, 0.1) is 23.7 Å². The number of hydrogen-bond acceptors (Lipinski definition) is 0. The van der Waals surface area contributed by atoms with Crippen molar-refractivity contribution in [2.45, 2.75) is 119 Å². The molecule has 26 heavy (non-hydrogen) atoms. The summed E-state index contributed by atoms with van der Waals surface area (Å²) in [6, 6.07) is 0. The molecule has 0 aliphatic carbocycles. The van der Waals surface area contributed by atoms with Gasteiger partial charge in [0.15, 0.2) is 0 Å². The summed E-state index contributed by atoms with van der Waals surface area (Å²) in [5.41, 5.74) is 1.58. The minimum Gasteiger partial charge on any atom is -0.0818 e. The molecule has 3 unspecified atom stereocenters. The lowest BCUT2D eigenvalue weighted by Gasteiger charge is -2.16. The van der Waals surface area contributed by atoms with Gasteiger partial charge in [0.05, 0.1) is 0 Å². The molecule has 0 amide bonds. The van der Waals surface area contributed by atoms with Gasteiger partial charge in [0.25, 0.3) is 0 Å². The van der Waals surface area contributed by atoms with E-state index in [0.29, 0.717) is 0 Å². The Morgan fingerprint density at radius 3 is 1.42 bits per heavy atom. The molecule has 0 heterocycles. The van der Waals surface area contributed by atoms with Crippen molar-refractivity contribution in [2.24, 2.45) is 23.7 Å². The van der Waals surface area contributed by atoms with Crippen LogP contribution in [0.2, 0.25) is 0 Å². The number of alkyl halides is 1. The van der Waals surface area contributed by atoms with Gasteiger partial charge in [-0.3, -0.25) is 0 Å². The molecule has 1 heteroatoms. The maximum Gasteiger partial charge on any atom is 0.0178 e. The van der Waals surface area contributed by atoms with Gasteiger partial charge in [0.2, 0.25) is 0 Å². The molecule has 0 N–H and O–H groups in total. The average molecular weight is 477 g/mol. The van der Waals surface area contributed by atoms with Crippen LogP contribution in [0.5, 0.6) is 0 Å². The lowest BCUT2D eigenvalue weighted by Crippen LogP contribution is -2.01. The minimum atomic E-state index is 0.876. The van der Waals surface area contributed by atoms with Crippen LogP contribution in [-0.2, 0) is 0 Å². The third-order valence-corrected chi connectivity index (χ3v) is 6.40. The molecule has 0 radical (unpaired) electrons. The summed E-state index contributed by atoms with van der Waals surface area (Å²) in [7, 11) is 0. The highest BCUT2D eigenvalue weighted by Gasteiger charge is 2.08. The van der Waals surface area contributed by atoms with Gasteiger partial charge in [-0.15, -0.1) is 0 Å². The molecule has 0 rings (SSSR count). The zero-order valence-corrected chi connectivity index (χ0v) is 21.1. The first-order valence-corrected chi connectivity index (χ1v) is 13.1. The molecule has 0 aromatic heterocycles. The minimum absolute atomic E-state index is 0.876. The fourth-order valence-corrected chi connectivity index (χ4v) is 4.65. The van der Waals surface area contributed by atoms with Gasteiger partial charge in [-0.05, 0) is 43.4 Å². The van der Waals surface area contributed by atoms with E-state index >= 15 is 0 Å². The average Bonchev–Trinajstić information content (AvgIpc) is 2.54. The summed E-state index contributed by atoms with van der Waals surface area (Å²) < 4.78 is 1.16. The molecule has 3 atom stereocenters. The van der Waals surface area contributed by atoms with Gasteiger partial charge >= 0.3 is 0 Å². The Kier molecular flexibility index (Phi) is 17.9. The standard InChI is InChI=1S/C25H49I/c1-21(2)11-7-12-22(3)13-8-14-23(4)15-9-16-24(5)17-10-18-25(6)19-20-26/h19,21-24H,7-18,20H2,1-6H3/b25-19+. The highest BCUT2D eigenvalue weighted by Crippen LogP contribution is 2.23. The lowest BCUT2D eigenvalue weighted by atomic mass is 9.90. The Morgan fingerprint density at radius 2 is 1.04 bits per heavy atom. The highest BCUT2D eigenvalue weighted by molar-refractivity contribution is 14.1. The molecule has 156 valence electrons. The van der Waals surface area contributed by atoms with E-state index in [1.54, 1.807) is 5.57 Å². The first-order valence-electron chi connectivity index (χ1n) is 11.6. The Bertz CT molecular complexity index is 331. The third-order valence-electron chi connectivity index (χ3n) is 5.96. The van der Waals surface area contributed by atoms with Crippen molar-refractivity contribution in [3.8, 4) is 0 Å². The van der Waals surface area contributed by atoms with Crippen LogP contribution in [0.1, 0.15) is 119 Å². The van der Waals surface area contributed by atoms with E-state index in [1.807, 2.05) is 0 Å². The van der Waals surface area contributed by atoms with Crippen LogP contribution in [0.25, 0.3) is 0 Å². The molecular weight excluding hydrogens is 427 g/mol. The first-order chi connectivity index (χ1) is 12.3. The second-order valence-corrected chi connectivity index (χ2v) is 10.5. The molecule has 0 aliphatic rings. The third kappa shape index (κ3) is 17.9. The van der Waals surface area contributed by atoms with E-state index in [1.165, 1.54) is 77.0 Å². The van der Waals surface area contributed by atoms with Crippen molar-refractivity contribution >= 4 is 22.6 Å². The van der Waals surface area contributed by atoms with Crippen LogP contribution in [0.15, 0.2) is 11.6 Å². The van der Waals surface area contributed by atoms with E-state index in [9.17, 15) is 0 Å². The van der Waals surface area contributed by atoms with Crippen LogP contribution in [-0.4, -0.2) is 4.43 Å². The fraction of sp³-hybridized carbons (Fsp3) is 0.920. The molecule has 0 aliphatic heterocycles. The second-order valence-electron chi connectivity index (χ2n) is 9.60. The topological polar surface area (TPSA) is 0 Å². The Hall–Kier alpha value is 0.470. The van der Waals surface area contributed by atoms with E-state index in [4.69, 9.17) is 0 Å². The molecule has 0 aromatic rings. The van der Waals surface area contributed by atoms with E-state index in [-0.39, 0.29) is 0 Å². The molecule has 0 saturated heterocycles. The Balaban J connectivity index is 3.58. The Morgan fingerprint density at radius 1 is 0.654 bits per heavy atom. The smallest absolute Gasteiger partial charge is 0.0178 e. The quantitative estimate of drug-likeness (QED) is 0.111. The van der Waals surface area contributed by atoms with Gasteiger partial charge in [0.1, 0.15) is 0 Å². The van der Waals surface area contributed by atoms with Gasteiger partial charge in [0, 0.05) is 4.43 Å². The van der Waals surface area contributed by atoms with Gasteiger partial charge < -0.3 is 0 Å². The summed E-state index contributed by atoms with van der Waals surface area (Å²) in [6.45, 7) is 14.4. The summed E-state index contributed by atoms with van der Waals surface area (Å²) in [4.78, 5) is 0. The maximum atomic E-state index is 2.48.